The Morgan fingerprint density at radius 1 is 1.33 bits per heavy atom. The Labute approximate surface area is 102 Å². The van der Waals surface area contributed by atoms with E-state index in [1.165, 1.54) is 0 Å². The second-order valence-corrected chi connectivity index (χ2v) is 3.92. The number of nitrogens with one attached hydrogen (secondary N) is 1. The van der Waals surface area contributed by atoms with E-state index in [9.17, 15) is 4.79 Å². The number of aromatic amines is 1. The molecule has 0 bridgehead atoms. The second kappa shape index (κ2) is 4.03. The molecule has 3 aromatic rings. The number of hydrogen-bond acceptors (Lipinski definition) is 4. The van der Waals surface area contributed by atoms with Crippen LogP contribution in [0.4, 0.5) is 0 Å². The molecule has 1 aromatic carbocycles. The average Bonchev–Trinajstić information content (AvgIpc) is 2.71. The van der Waals surface area contributed by atoms with Gasteiger partial charge in [-0.25, -0.2) is 9.78 Å². The summed E-state index contributed by atoms with van der Waals surface area (Å²) in [5.41, 5.74) is 1.79. The SMILES string of the molecule is Cc1cccc(Oc2ccnc3[nH]c(=O)oc23)c1. The molecule has 0 spiro atoms. The molecule has 0 atom stereocenters. The number of rotatable bonds is 2. The molecule has 90 valence electrons. The lowest BCUT2D eigenvalue weighted by atomic mass is 10.2. The standard InChI is InChI=1S/C13H10N2O3/c1-8-3-2-4-9(7-8)17-10-5-6-14-12-11(10)18-13(16)15-12/h2-7H,1H3,(H,14,15,16). The molecule has 0 saturated carbocycles. The van der Waals surface area contributed by atoms with Crippen molar-refractivity contribution in [3.8, 4) is 11.5 Å². The smallest absolute Gasteiger partial charge is 0.418 e. The Kier molecular flexibility index (Phi) is 2.37. The molecule has 0 saturated heterocycles. The summed E-state index contributed by atoms with van der Waals surface area (Å²) in [6.45, 7) is 1.98. The Hall–Kier alpha value is -2.56. The molecule has 0 fully saturated rings. The monoisotopic (exact) mass is 242 g/mol. The fraction of sp³-hybridized carbons (Fsp3) is 0.0769. The maximum atomic E-state index is 11.1. The van der Waals surface area contributed by atoms with Gasteiger partial charge in [0.15, 0.2) is 11.4 Å². The number of nitrogens with zero attached hydrogens (tertiary/aromatic N) is 1. The molecule has 5 heteroatoms. The van der Waals surface area contributed by atoms with Crippen molar-refractivity contribution in [3.05, 3.63) is 52.6 Å². The fourth-order valence-corrected chi connectivity index (χ4v) is 1.72. The van der Waals surface area contributed by atoms with Crippen LogP contribution in [0.5, 0.6) is 11.5 Å². The van der Waals surface area contributed by atoms with Gasteiger partial charge in [-0.2, -0.15) is 0 Å². The van der Waals surface area contributed by atoms with Crippen LogP contribution in [0.25, 0.3) is 11.2 Å². The van der Waals surface area contributed by atoms with Gasteiger partial charge >= 0.3 is 5.76 Å². The molecule has 0 unspecified atom stereocenters. The summed E-state index contributed by atoms with van der Waals surface area (Å²) < 4.78 is 10.7. The van der Waals surface area contributed by atoms with Gasteiger partial charge in [-0.1, -0.05) is 12.1 Å². The molecular weight excluding hydrogens is 232 g/mol. The number of pyridine rings is 1. The topological polar surface area (TPSA) is 68.1 Å². The number of ether oxygens (including phenoxy) is 1. The Bertz CT molecular complexity index is 758. The molecule has 2 heterocycles. The van der Waals surface area contributed by atoms with E-state index >= 15 is 0 Å². The van der Waals surface area contributed by atoms with Gasteiger partial charge in [0.05, 0.1) is 0 Å². The molecule has 5 nitrogen and oxygen atoms in total. The van der Waals surface area contributed by atoms with Crippen LogP contribution in [0.3, 0.4) is 0 Å². The van der Waals surface area contributed by atoms with E-state index in [2.05, 4.69) is 9.97 Å². The first-order valence-electron chi connectivity index (χ1n) is 5.45. The van der Waals surface area contributed by atoms with Crippen LogP contribution in [0.2, 0.25) is 0 Å². The lowest BCUT2D eigenvalue weighted by Gasteiger charge is -2.05. The first-order valence-corrected chi connectivity index (χ1v) is 5.45. The Balaban J connectivity index is 2.07. The van der Waals surface area contributed by atoms with Gasteiger partial charge in [-0.05, 0) is 24.6 Å². The highest BCUT2D eigenvalue weighted by molar-refractivity contribution is 5.75. The van der Waals surface area contributed by atoms with Gasteiger partial charge in [-0.3, -0.25) is 4.98 Å². The molecule has 0 radical (unpaired) electrons. The summed E-state index contributed by atoms with van der Waals surface area (Å²) in [6, 6.07) is 9.27. The van der Waals surface area contributed by atoms with Gasteiger partial charge in [0, 0.05) is 12.3 Å². The van der Waals surface area contributed by atoms with Crippen LogP contribution < -0.4 is 10.5 Å². The zero-order valence-corrected chi connectivity index (χ0v) is 9.64. The van der Waals surface area contributed by atoms with Gasteiger partial charge < -0.3 is 9.15 Å². The molecule has 0 aliphatic heterocycles. The largest absolute Gasteiger partial charge is 0.453 e. The third kappa shape index (κ3) is 1.86. The summed E-state index contributed by atoms with van der Waals surface area (Å²) in [5, 5.41) is 0. The van der Waals surface area contributed by atoms with E-state index in [1.807, 2.05) is 31.2 Å². The maximum Gasteiger partial charge on any atom is 0.418 e. The number of fused-ring (bicyclic) bond motifs is 1. The van der Waals surface area contributed by atoms with Crippen LogP contribution in [0.1, 0.15) is 5.56 Å². The van der Waals surface area contributed by atoms with Crippen molar-refractivity contribution >= 4 is 11.2 Å². The summed E-state index contributed by atoms with van der Waals surface area (Å²) in [6.07, 6.45) is 1.55. The first-order chi connectivity index (χ1) is 8.72. The Morgan fingerprint density at radius 3 is 3.06 bits per heavy atom. The van der Waals surface area contributed by atoms with Gasteiger partial charge in [0.2, 0.25) is 5.58 Å². The molecule has 3 rings (SSSR count). The second-order valence-electron chi connectivity index (χ2n) is 3.92. The highest BCUT2D eigenvalue weighted by atomic mass is 16.5. The van der Waals surface area contributed by atoms with E-state index in [4.69, 9.17) is 9.15 Å². The molecule has 18 heavy (non-hydrogen) atoms. The number of H-pyrrole nitrogens is 1. The normalized spacial score (nSPS) is 10.7. The zero-order chi connectivity index (χ0) is 12.5. The van der Waals surface area contributed by atoms with Gasteiger partial charge in [0.1, 0.15) is 5.75 Å². The number of benzene rings is 1. The zero-order valence-electron chi connectivity index (χ0n) is 9.64. The van der Waals surface area contributed by atoms with Crippen molar-refractivity contribution in [1.82, 2.24) is 9.97 Å². The minimum atomic E-state index is -0.544. The van der Waals surface area contributed by atoms with Crippen molar-refractivity contribution in [2.75, 3.05) is 0 Å². The number of oxazole rings is 1. The molecular formula is C13H10N2O3. The van der Waals surface area contributed by atoms with E-state index < -0.39 is 5.76 Å². The van der Waals surface area contributed by atoms with Crippen molar-refractivity contribution < 1.29 is 9.15 Å². The van der Waals surface area contributed by atoms with Crippen molar-refractivity contribution in [2.45, 2.75) is 6.92 Å². The van der Waals surface area contributed by atoms with Crippen LogP contribution in [0, 0.1) is 6.92 Å². The third-order valence-corrected chi connectivity index (χ3v) is 2.50. The van der Waals surface area contributed by atoms with Crippen molar-refractivity contribution in [1.29, 1.82) is 0 Å². The first kappa shape index (κ1) is 10.6. The summed E-state index contributed by atoms with van der Waals surface area (Å²) in [4.78, 5) is 17.6. The van der Waals surface area contributed by atoms with Crippen LogP contribution in [-0.2, 0) is 0 Å². The highest BCUT2D eigenvalue weighted by Crippen LogP contribution is 2.27. The fourth-order valence-electron chi connectivity index (χ4n) is 1.72. The molecule has 0 aliphatic rings. The van der Waals surface area contributed by atoms with E-state index in [0.29, 0.717) is 22.7 Å². The van der Waals surface area contributed by atoms with Crippen LogP contribution in [-0.4, -0.2) is 9.97 Å². The summed E-state index contributed by atoms with van der Waals surface area (Å²) >= 11 is 0. The predicted octanol–water partition coefficient (Wildman–Crippen LogP) is 2.62. The van der Waals surface area contributed by atoms with E-state index in [0.717, 1.165) is 5.56 Å². The quantitative estimate of drug-likeness (QED) is 0.750. The van der Waals surface area contributed by atoms with Gasteiger partial charge in [-0.15, -0.1) is 0 Å². The Morgan fingerprint density at radius 2 is 2.22 bits per heavy atom. The third-order valence-electron chi connectivity index (χ3n) is 2.50. The molecule has 0 amide bonds. The number of aromatic nitrogens is 2. The van der Waals surface area contributed by atoms with E-state index in [1.54, 1.807) is 12.3 Å². The number of hydrogen-bond donors (Lipinski definition) is 1. The minimum absolute atomic E-state index is 0.323. The summed E-state index contributed by atoms with van der Waals surface area (Å²) in [7, 11) is 0. The van der Waals surface area contributed by atoms with Crippen molar-refractivity contribution in [3.63, 3.8) is 0 Å². The lowest BCUT2D eigenvalue weighted by molar-refractivity contribution is 0.465. The maximum absolute atomic E-state index is 11.1. The van der Waals surface area contributed by atoms with Crippen molar-refractivity contribution in [2.24, 2.45) is 0 Å². The highest BCUT2D eigenvalue weighted by Gasteiger charge is 2.09. The predicted molar refractivity (Wildman–Crippen MR) is 65.9 cm³/mol. The summed E-state index contributed by atoms with van der Waals surface area (Å²) in [5.74, 6) is 0.605. The number of aryl methyl sites for hydroxylation is 1. The molecule has 1 N–H and O–H groups in total. The van der Waals surface area contributed by atoms with Crippen LogP contribution in [0.15, 0.2) is 45.7 Å². The molecule has 0 aliphatic carbocycles. The average molecular weight is 242 g/mol. The lowest BCUT2D eigenvalue weighted by Crippen LogP contribution is -1.93. The minimum Gasteiger partial charge on any atom is -0.453 e. The van der Waals surface area contributed by atoms with Gasteiger partial charge in [0.25, 0.3) is 0 Å². The van der Waals surface area contributed by atoms with Crippen LogP contribution >= 0.6 is 0 Å². The van der Waals surface area contributed by atoms with E-state index in [-0.39, 0.29) is 0 Å². The molecule has 2 aromatic heterocycles.